The second-order valence-corrected chi connectivity index (χ2v) is 6.04. The van der Waals surface area contributed by atoms with Gasteiger partial charge in [0.05, 0.1) is 31.1 Å². The van der Waals surface area contributed by atoms with E-state index in [1.165, 1.54) is 4.90 Å². The summed E-state index contributed by atoms with van der Waals surface area (Å²) in [5, 5.41) is 13.4. The van der Waals surface area contributed by atoms with Crippen LogP contribution in [0.25, 0.3) is 0 Å². The number of aliphatic hydroxyl groups is 1. The van der Waals surface area contributed by atoms with E-state index >= 15 is 0 Å². The standard InChI is InChI=1S/C16H21N5O3/c1-20(10-12-9-17-4-5-18-12)16(23)15-8-14(24-19-15)11-21-6-2-13(22)3-7-21/h4-5,8-9,13,22H,2-3,6-7,10-11H2,1H3. The summed E-state index contributed by atoms with van der Waals surface area (Å²) in [7, 11) is 1.69. The zero-order chi connectivity index (χ0) is 16.9. The highest BCUT2D eigenvalue weighted by molar-refractivity contribution is 5.92. The minimum absolute atomic E-state index is 0.206. The molecule has 1 amide bonds. The zero-order valence-electron chi connectivity index (χ0n) is 13.6. The molecule has 8 nitrogen and oxygen atoms in total. The molecule has 0 aliphatic carbocycles. The Hall–Kier alpha value is -2.32. The van der Waals surface area contributed by atoms with E-state index in [-0.39, 0.29) is 17.7 Å². The van der Waals surface area contributed by atoms with E-state index in [0.29, 0.717) is 24.5 Å². The number of rotatable bonds is 5. The Balaban J connectivity index is 1.57. The van der Waals surface area contributed by atoms with Gasteiger partial charge in [-0.3, -0.25) is 19.7 Å². The fourth-order valence-electron chi connectivity index (χ4n) is 2.71. The summed E-state index contributed by atoms with van der Waals surface area (Å²) >= 11 is 0. The number of carbonyl (C=O) groups is 1. The third-order valence-corrected chi connectivity index (χ3v) is 4.08. The molecule has 1 aliphatic rings. The Morgan fingerprint density at radius 3 is 2.92 bits per heavy atom. The lowest BCUT2D eigenvalue weighted by molar-refractivity contribution is 0.0743. The molecule has 2 aromatic rings. The predicted octanol–water partition coefficient (Wildman–Crippen LogP) is 0.694. The van der Waals surface area contributed by atoms with Gasteiger partial charge in [-0.05, 0) is 12.8 Å². The van der Waals surface area contributed by atoms with Gasteiger partial charge in [0, 0.05) is 38.6 Å². The molecule has 1 saturated heterocycles. The van der Waals surface area contributed by atoms with Gasteiger partial charge >= 0.3 is 0 Å². The number of amides is 1. The van der Waals surface area contributed by atoms with Crippen LogP contribution < -0.4 is 0 Å². The second kappa shape index (κ2) is 7.50. The number of nitrogens with zero attached hydrogens (tertiary/aromatic N) is 5. The molecule has 24 heavy (non-hydrogen) atoms. The fourth-order valence-corrected chi connectivity index (χ4v) is 2.71. The van der Waals surface area contributed by atoms with Crippen molar-refractivity contribution in [2.45, 2.75) is 32.0 Å². The van der Waals surface area contributed by atoms with E-state index in [4.69, 9.17) is 4.52 Å². The van der Waals surface area contributed by atoms with Crippen LogP contribution in [0.1, 0.15) is 34.8 Å². The zero-order valence-corrected chi connectivity index (χ0v) is 13.6. The second-order valence-electron chi connectivity index (χ2n) is 6.04. The first-order valence-corrected chi connectivity index (χ1v) is 7.98. The number of likely N-dealkylation sites (tertiary alicyclic amines) is 1. The molecule has 1 aliphatic heterocycles. The average Bonchev–Trinajstić information content (AvgIpc) is 3.05. The minimum Gasteiger partial charge on any atom is -0.393 e. The molecule has 0 aromatic carbocycles. The molecular weight excluding hydrogens is 310 g/mol. The lowest BCUT2D eigenvalue weighted by Gasteiger charge is -2.28. The van der Waals surface area contributed by atoms with Crippen LogP contribution in [0, 0.1) is 0 Å². The molecule has 0 atom stereocenters. The van der Waals surface area contributed by atoms with Crippen molar-refractivity contribution in [2.75, 3.05) is 20.1 Å². The van der Waals surface area contributed by atoms with E-state index in [2.05, 4.69) is 20.0 Å². The Kier molecular flexibility index (Phi) is 5.17. The Morgan fingerprint density at radius 2 is 2.21 bits per heavy atom. The SMILES string of the molecule is CN(Cc1cnccn1)C(=O)c1cc(CN2CCC(O)CC2)on1. The highest BCUT2D eigenvalue weighted by Crippen LogP contribution is 2.15. The van der Waals surface area contributed by atoms with E-state index in [1.54, 1.807) is 31.7 Å². The summed E-state index contributed by atoms with van der Waals surface area (Å²) in [6, 6.07) is 1.68. The third-order valence-electron chi connectivity index (χ3n) is 4.08. The van der Waals surface area contributed by atoms with E-state index < -0.39 is 0 Å². The van der Waals surface area contributed by atoms with E-state index in [0.717, 1.165) is 25.9 Å². The monoisotopic (exact) mass is 331 g/mol. The number of aliphatic hydroxyl groups excluding tert-OH is 1. The maximum atomic E-state index is 12.4. The number of aromatic nitrogens is 3. The van der Waals surface area contributed by atoms with Crippen molar-refractivity contribution in [3.8, 4) is 0 Å². The molecule has 0 unspecified atom stereocenters. The topological polar surface area (TPSA) is 95.6 Å². The van der Waals surface area contributed by atoms with Crippen molar-refractivity contribution in [3.63, 3.8) is 0 Å². The maximum Gasteiger partial charge on any atom is 0.276 e. The van der Waals surface area contributed by atoms with Crippen LogP contribution >= 0.6 is 0 Å². The van der Waals surface area contributed by atoms with Gasteiger partial charge in [0.25, 0.3) is 5.91 Å². The first kappa shape index (κ1) is 16.5. The largest absolute Gasteiger partial charge is 0.393 e. The van der Waals surface area contributed by atoms with Gasteiger partial charge in [-0.25, -0.2) is 0 Å². The summed E-state index contributed by atoms with van der Waals surface area (Å²) in [6.07, 6.45) is 6.14. The molecular formula is C16H21N5O3. The lowest BCUT2D eigenvalue weighted by Crippen LogP contribution is -2.35. The van der Waals surface area contributed by atoms with Gasteiger partial charge in [0.1, 0.15) is 0 Å². The van der Waals surface area contributed by atoms with Gasteiger partial charge in [0.15, 0.2) is 11.5 Å². The van der Waals surface area contributed by atoms with Crippen LogP contribution in [0.3, 0.4) is 0 Å². The molecule has 2 aromatic heterocycles. The van der Waals surface area contributed by atoms with Gasteiger partial charge in [-0.2, -0.15) is 0 Å². The first-order valence-electron chi connectivity index (χ1n) is 7.98. The summed E-state index contributed by atoms with van der Waals surface area (Å²) in [5.74, 6) is 0.437. The van der Waals surface area contributed by atoms with Crippen molar-refractivity contribution in [1.29, 1.82) is 0 Å². The normalized spacial score (nSPS) is 16.2. The molecule has 1 N–H and O–H groups in total. The number of carbonyl (C=O) groups excluding carboxylic acids is 1. The van der Waals surface area contributed by atoms with E-state index in [9.17, 15) is 9.90 Å². The predicted molar refractivity (Wildman–Crippen MR) is 84.9 cm³/mol. The fraction of sp³-hybridized carbons (Fsp3) is 0.500. The van der Waals surface area contributed by atoms with Crippen LogP contribution in [0.2, 0.25) is 0 Å². The van der Waals surface area contributed by atoms with Gasteiger partial charge in [0.2, 0.25) is 0 Å². The highest BCUT2D eigenvalue weighted by Gasteiger charge is 2.21. The van der Waals surface area contributed by atoms with Crippen molar-refractivity contribution < 1.29 is 14.4 Å². The molecule has 3 heterocycles. The van der Waals surface area contributed by atoms with Crippen molar-refractivity contribution in [1.82, 2.24) is 24.9 Å². The Bertz CT molecular complexity index is 667. The molecule has 8 heteroatoms. The number of hydrogen-bond acceptors (Lipinski definition) is 7. The lowest BCUT2D eigenvalue weighted by atomic mass is 10.1. The van der Waals surface area contributed by atoms with Crippen molar-refractivity contribution >= 4 is 5.91 Å². The molecule has 1 fully saturated rings. The average molecular weight is 331 g/mol. The van der Waals surface area contributed by atoms with Crippen LogP contribution in [0.15, 0.2) is 29.2 Å². The van der Waals surface area contributed by atoms with Gasteiger partial charge < -0.3 is 14.5 Å². The smallest absolute Gasteiger partial charge is 0.276 e. The number of piperidine rings is 1. The molecule has 128 valence electrons. The van der Waals surface area contributed by atoms with Gasteiger partial charge in [-0.15, -0.1) is 0 Å². The molecule has 0 radical (unpaired) electrons. The minimum atomic E-state index is -0.218. The molecule has 0 spiro atoms. The third kappa shape index (κ3) is 4.15. The quantitative estimate of drug-likeness (QED) is 0.861. The summed E-state index contributed by atoms with van der Waals surface area (Å²) in [6.45, 7) is 2.59. The van der Waals surface area contributed by atoms with E-state index in [1.807, 2.05) is 0 Å². The van der Waals surface area contributed by atoms with Crippen LogP contribution in [0.5, 0.6) is 0 Å². The van der Waals surface area contributed by atoms with Crippen LogP contribution in [-0.4, -0.2) is 62.2 Å². The molecule has 3 rings (SSSR count). The van der Waals surface area contributed by atoms with Crippen molar-refractivity contribution in [2.24, 2.45) is 0 Å². The number of hydrogen-bond donors (Lipinski definition) is 1. The van der Waals surface area contributed by atoms with Gasteiger partial charge in [-0.1, -0.05) is 5.16 Å². The maximum absolute atomic E-state index is 12.4. The highest BCUT2D eigenvalue weighted by atomic mass is 16.5. The first-order chi connectivity index (χ1) is 11.6. The molecule has 0 saturated carbocycles. The van der Waals surface area contributed by atoms with Crippen LogP contribution in [-0.2, 0) is 13.1 Å². The summed E-state index contributed by atoms with van der Waals surface area (Å²) in [4.78, 5) is 24.3. The molecule has 0 bridgehead atoms. The summed E-state index contributed by atoms with van der Waals surface area (Å²) < 4.78 is 5.29. The Labute approximate surface area is 140 Å². The Morgan fingerprint density at radius 1 is 1.42 bits per heavy atom. The van der Waals surface area contributed by atoms with Crippen LogP contribution in [0.4, 0.5) is 0 Å². The van der Waals surface area contributed by atoms with Crippen molar-refractivity contribution in [3.05, 3.63) is 41.8 Å². The summed E-state index contributed by atoms with van der Waals surface area (Å²) in [5.41, 5.74) is 0.998.